The smallest absolute Gasteiger partial charge is 0.160 e. The highest BCUT2D eigenvalue weighted by molar-refractivity contribution is 6.07. The predicted octanol–water partition coefficient (Wildman–Crippen LogP) is 13.5. The number of hydrogen-bond acceptors (Lipinski definition) is 3. The molecule has 2 heterocycles. The number of furan rings is 1. The monoisotopic (exact) mass is 702 g/mol. The molecule has 1 aliphatic rings. The molecule has 0 spiro atoms. The third kappa shape index (κ3) is 4.90. The van der Waals surface area contributed by atoms with Crippen molar-refractivity contribution in [2.45, 2.75) is 12.3 Å². The molecule has 0 fully saturated rings. The van der Waals surface area contributed by atoms with Crippen molar-refractivity contribution in [1.82, 2.24) is 9.97 Å². The molecule has 2 aromatic heterocycles. The van der Waals surface area contributed by atoms with Crippen molar-refractivity contribution in [1.29, 1.82) is 0 Å². The van der Waals surface area contributed by atoms with E-state index in [1.807, 2.05) is 12.1 Å². The highest BCUT2D eigenvalue weighted by Gasteiger charge is 2.41. The maximum Gasteiger partial charge on any atom is 0.160 e. The lowest BCUT2D eigenvalue weighted by atomic mass is 9.74. The normalized spacial score (nSPS) is 14.7. The van der Waals surface area contributed by atoms with Gasteiger partial charge in [0.1, 0.15) is 11.2 Å². The van der Waals surface area contributed by atoms with E-state index in [0.717, 1.165) is 66.5 Å². The Morgan fingerprint density at radius 2 is 1.05 bits per heavy atom. The summed E-state index contributed by atoms with van der Waals surface area (Å²) in [5.41, 5.74) is 14.9. The van der Waals surface area contributed by atoms with Gasteiger partial charge in [-0.2, -0.15) is 0 Å². The second-order valence-electron chi connectivity index (χ2n) is 14.6. The summed E-state index contributed by atoms with van der Waals surface area (Å²) in [5, 5.41) is 4.56. The van der Waals surface area contributed by atoms with Gasteiger partial charge in [0.2, 0.25) is 0 Å². The van der Waals surface area contributed by atoms with E-state index in [4.69, 9.17) is 14.4 Å². The van der Waals surface area contributed by atoms with E-state index in [2.05, 4.69) is 183 Å². The molecule has 0 radical (unpaired) electrons. The Morgan fingerprint density at radius 3 is 1.93 bits per heavy atom. The van der Waals surface area contributed by atoms with Gasteiger partial charge in [0.05, 0.1) is 11.4 Å². The number of aromatic nitrogens is 2. The summed E-state index contributed by atoms with van der Waals surface area (Å²) < 4.78 is 6.20. The van der Waals surface area contributed by atoms with Crippen molar-refractivity contribution < 1.29 is 4.42 Å². The van der Waals surface area contributed by atoms with Crippen molar-refractivity contribution in [3.8, 4) is 56.2 Å². The minimum absolute atomic E-state index is 0.317. The minimum atomic E-state index is -0.317. The van der Waals surface area contributed by atoms with Gasteiger partial charge < -0.3 is 4.42 Å². The summed E-state index contributed by atoms with van der Waals surface area (Å²) >= 11 is 0. The van der Waals surface area contributed by atoms with Crippen LogP contribution in [0.15, 0.2) is 192 Å². The number of rotatable bonds is 5. The second kappa shape index (κ2) is 12.2. The minimum Gasteiger partial charge on any atom is -0.456 e. The van der Waals surface area contributed by atoms with E-state index >= 15 is 0 Å². The fourth-order valence-electron chi connectivity index (χ4n) is 8.87. The molecule has 8 aromatic carbocycles. The van der Waals surface area contributed by atoms with E-state index in [-0.39, 0.29) is 5.41 Å². The van der Waals surface area contributed by atoms with Crippen molar-refractivity contribution in [3.05, 3.63) is 205 Å². The lowest BCUT2D eigenvalue weighted by Gasteiger charge is -2.28. The summed E-state index contributed by atoms with van der Waals surface area (Å²) in [6.45, 7) is 2.36. The van der Waals surface area contributed by atoms with Crippen LogP contribution in [0.4, 0.5) is 0 Å². The molecule has 3 nitrogen and oxygen atoms in total. The molecule has 55 heavy (non-hydrogen) atoms. The number of hydrogen-bond donors (Lipinski definition) is 0. The molecule has 0 N–H and O–H groups in total. The van der Waals surface area contributed by atoms with Gasteiger partial charge in [0.15, 0.2) is 5.82 Å². The van der Waals surface area contributed by atoms with Gasteiger partial charge in [-0.05, 0) is 87.0 Å². The fourth-order valence-corrected chi connectivity index (χ4v) is 8.87. The Hall–Kier alpha value is -7.10. The summed E-state index contributed by atoms with van der Waals surface area (Å²) in [6, 6.07) is 66.9. The average molecular weight is 703 g/mol. The Labute approximate surface area is 319 Å². The molecule has 3 heteroatoms. The molecule has 11 rings (SSSR count). The van der Waals surface area contributed by atoms with Crippen LogP contribution in [-0.4, -0.2) is 9.97 Å². The van der Waals surface area contributed by atoms with Crippen molar-refractivity contribution in [2.24, 2.45) is 0 Å². The molecule has 0 bridgehead atoms. The average Bonchev–Trinajstić information content (AvgIpc) is 3.76. The Morgan fingerprint density at radius 1 is 0.418 bits per heavy atom. The molecule has 0 aliphatic heterocycles. The number of fused-ring (bicyclic) bond motifs is 7. The summed E-state index contributed by atoms with van der Waals surface area (Å²) in [7, 11) is 0. The number of benzene rings is 8. The quantitative estimate of drug-likeness (QED) is 0.179. The molecule has 0 saturated heterocycles. The van der Waals surface area contributed by atoms with Crippen LogP contribution in [0.3, 0.4) is 0 Å². The SMILES string of the molecule is CC1(c2ccccc2)c2ccccc2-c2c(-c3cc(-c4ccccc4-c4ccc5oc6ccccc6c5c4)nc(-c4ccc5ccccc5c4)n3)cccc21. The first-order chi connectivity index (χ1) is 27.1. The number of para-hydroxylation sites is 1. The van der Waals surface area contributed by atoms with Crippen LogP contribution in [0.2, 0.25) is 0 Å². The molecule has 258 valence electrons. The van der Waals surface area contributed by atoms with Crippen LogP contribution in [0.1, 0.15) is 23.6 Å². The topological polar surface area (TPSA) is 38.9 Å². The van der Waals surface area contributed by atoms with Crippen molar-refractivity contribution in [2.75, 3.05) is 0 Å². The Bertz CT molecular complexity index is 3120. The molecule has 1 aliphatic carbocycles. The molecule has 10 aromatic rings. The Balaban J connectivity index is 1.15. The van der Waals surface area contributed by atoms with E-state index in [1.54, 1.807) is 0 Å². The lowest BCUT2D eigenvalue weighted by molar-refractivity contribution is 0.669. The zero-order chi connectivity index (χ0) is 36.5. The van der Waals surface area contributed by atoms with Crippen LogP contribution < -0.4 is 0 Å². The van der Waals surface area contributed by atoms with Crippen LogP contribution in [0.5, 0.6) is 0 Å². The third-order valence-corrected chi connectivity index (χ3v) is 11.6. The molecule has 0 amide bonds. The van der Waals surface area contributed by atoms with E-state index in [1.165, 1.54) is 33.2 Å². The molecular weight excluding hydrogens is 669 g/mol. The van der Waals surface area contributed by atoms with Gasteiger partial charge in [-0.25, -0.2) is 9.97 Å². The highest BCUT2D eigenvalue weighted by atomic mass is 16.3. The standard InChI is InChI=1S/C52H34N2O/c1-52(37-16-3-2-4-17-37)44-23-11-9-21-41(44)50-42(22-13-24-45(50)52)47-32-46(53-51(54-47)36-27-26-33-14-5-6-15-34(33)30-36)39-19-8-7-18-38(39)35-28-29-49-43(31-35)40-20-10-12-25-48(40)55-49/h2-32H,1H3. The Kier molecular flexibility index (Phi) is 6.99. The first-order valence-corrected chi connectivity index (χ1v) is 18.8. The van der Waals surface area contributed by atoms with Gasteiger partial charge in [0.25, 0.3) is 0 Å². The van der Waals surface area contributed by atoms with Crippen LogP contribution in [0, 0.1) is 0 Å². The predicted molar refractivity (Wildman–Crippen MR) is 226 cm³/mol. The van der Waals surface area contributed by atoms with Gasteiger partial charge in [-0.3, -0.25) is 0 Å². The molecule has 1 atom stereocenters. The maximum absolute atomic E-state index is 6.20. The highest BCUT2D eigenvalue weighted by Crippen LogP contribution is 2.55. The lowest BCUT2D eigenvalue weighted by Crippen LogP contribution is -2.22. The summed E-state index contributed by atoms with van der Waals surface area (Å²) in [4.78, 5) is 10.8. The summed E-state index contributed by atoms with van der Waals surface area (Å²) in [6.07, 6.45) is 0. The second-order valence-corrected chi connectivity index (χ2v) is 14.6. The van der Waals surface area contributed by atoms with Gasteiger partial charge in [-0.15, -0.1) is 0 Å². The van der Waals surface area contributed by atoms with E-state index in [0.29, 0.717) is 5.82 Å². The third-order valence-electron chi connectivity index (χ3n) is 11.6. The van der Waals surface area contributed by atoms with E-state index < -0.39 is 0 Å². The van der Waals surface area contributed by atoms with Crippen LogP contribution >= 0.6 is 0 Å². The van der Waals surface area contributed by atoms with Crippen molar-refractivity contribution >= 4 is 32.7 Å². The zero-order valence-electron chi connectivity index (χ0n) is 30.2. The van der Waals surface area contributed by atoms with Crippen LogP contribution in [-0.2, 0) is 5.41 Å². The summed E-state index contributed by atoms with van der Waals surface area (Å²) in [5.74, 6) is 0.694. The largest absolute Gasteiger partial charge is 0.456 e. The zero-order valence-corrected chi connectivity index (χ0v) is 30.2. The molecule has 1 unspecified atom stereocenters. The van der Waals surface area contributed by atoms with Gasteiger partial charge >= 0.3 is 0 Å². The molecular formula is C52H34N2O. The maximum atomic E-state index is 6.20. The number of nitrogens with zero attached hydrogens (tertiary/aromatic N) is 2. The fraction of sp³-hybridized carbons (Fsp3) is 0.0385. The van der Waals surface area contributed by atoms with Gasteiger partial charge in [-0.1, -0.05) is 158 Å². The van der Waals surface area contributed by atoms with E-state index in [9.17, 15) is 0 Å². The molecule has 0 saturated carbocycles. The first kappa shape index (κ1) is 31.4. The van der Waals surface area contributed by atoms with Gasteiger partial charge in [0, 0.05) is 32.9 Å². The van der Waals surface area contributed by atoms with Crippen molar-refractivity contribution in [3.63, 3.8) is 0 Å². The first-order valence-electron chi connectivity index (χ1n) is 18.8. The van der Waals surface area contributed by atoms with Crippen LogP contribution in [0.25, 0.3) is 88.9 Å².